The summed E-state index contributed by atoms with van der Waals surface area (Å²) in [6.07, 6.45) is -0.158. The van der Waals surface area contributed by atoms with E-state index in [1.54, 1.807) is 12.1 Å². The van der Waals surface area contributed by atoms with Crippen molar-refractivity contribution in [2.24, 2.45) is 0 Å². The van der Waals surface area contributed by atoms with Crippen LogP contribution in [0.3, 0.4) is 0 Å². The fraction of sp³-hybridized carbons (Fsp3) is 0.286. The number of sulfonamides is 1. The summed E-state index contributed by atoms with van der Waals surface area (Å²) in [5, 5.41) is 10.7. The largest absolute Gasteiger partial charge is 0.300 e. The molecule has 1 aliphatic rings. The van der Waals surface area contributed by atoms with Gasteiger partial charge in [0.2, 0.25) is 11.0 Å². The van der Waals surface area contributed by atoms with Crippen LogP contribution in [0.25, 0.3) is 0 Å². The maximum absolute atomic E-state index is 12.4. The minimum atomic E-state index is -3.89. The lowest BCUT2D eigenvalue weighted by Gasteiger charge is -2.14. The summed E-state index contributed by atoms with van der Waals surface area (Å²) in [4.78, 5) is 24.2. The topological polar surface area (TPSA) is 109 Å². The lowest BCUT2D eigenvalue weighted by molar-refractivity contribution is -0.116. The first-order valence-electron chi connectivity index (χ1n) is 7.35. The third-order valence-corrected chi connectivity index (χ3v) is 7.07. The Labute approximate surface area is 152 Å². The van der Waals surface area contributed by atoms with Crippen LogP contribution in [-0.4, -0.2) is 47.0 Å². The molecule has 1 aromatic heterocycles. The van der Waals surface area contributed by atoms with E-state index in [4.69, 9.17) is 0 Å². The normalized spacial score (nSPS) is 15.2. The van der Waals surface area contributed by atoms with Crippen LogP contribution in [0.5, 0.6) is 0 Å². The van der Waals surface area contributed by atoms with Crippen molar-refractivity contribution in [3.63, 3.8) is 0 Å². The molecule has 1 aliphatic heterocycles. The molecule has 0 fully saturated rings. The summed E-state index contributed by atoms with van der Waals surface area (Å²) in [6.45, 7) is 1.76. The summed E-state index contributed by atoms with van der Waals surface area (Å²) in [7, 11) is -3.89. The van der Waals surface area contributed by atoms with Crippen molar-refractivity contribution < 1.29 is 18.0 Å². The highest BCUT2D eigenvalue weighted by Gasteiger charge is 2.40. The minimum Gasteiger partial charge on any atom is -0.300 e. The molecular weight excluding hydrogens is 384 g/mol. The van der Waals surface area contributed by atoms with Crippen molar-refractivity contribution >= 4 is 50.1 Å². The average Bonchev–Trinajstić information content (AvgIpc) is 3.08. The van der Waals surface area contributed by atoms with Crippen LogP contribution < -0.4 is 5.32 Å². The van der Waals surface area contributed by atoms with Crippen LogP contribution in [0, 0.1) is 0 Å². The molecule has 0 saturated carbocycles. The van der Waals surface area contributed by atoms with E-state index < -0.39 is 21.8 Å². The summed E-state index contributed by atoms with van der Waals surface area (Å²) < 4.78 is 26.3. The molecule has 2 heterocycles. The Balaban J connectivity index is 1.63. The van der Waals surface area contributed by atoms with Gasteiger partial charge in [0.25, 0.3) is 15.9 Å². The molecular formula is C14H14N4O4S3. The Hall–Kier alpha value is -1.98. The molecule has 0 bridgehead atoms. The number of nitrogens with one attached hydrogen (secondary N) is 1. The van der Waals surface area contributed by atoms with Crippen LogP contribution in [-0.2, 0) is 14.8 Å². The predicted molar refractivity (Wildman–Crippen MR) is 94.2 cm³/mol. The molecule has 8 nitrogen and oxygen atoms in total. The first-order chi connectivity index (χ1) is 11.9. The van der Waals surface area contributed by atoms with Gasteiger partial charge in [-0.05, 0) is 17.9 Å². The van der Waals surface area contributed by atoms with Crippen LogP contribution in [0.4, 0.5) is 5.13 Å². The number of thioether (sulfide) groups is 1. The van der Waals surface area contributed by atoms with E-state index in [2.05, 4.69) is 15.5 Å². The highest BCUT2D eigenvalue weighted by Crippen LogP contribution is 2.30. The molecule has 0 radical (unpaired) electrons. The van der Waals surface area contributed by atoms with E-state index in [0.717, 1.165) is 14.4 Å². The number of rotatable bonds is 6. The van der Waals surface area contributed by atoms with Crippen LogP contribution >= 0.6 is 23.1 Å². The Bertz CT molecular complexity index is 926. The van der Waals surface area contributed by atoms with Gasteiger partial charge in [0.05, 0.1) is 5.56 Å². The zero-order valence-electron chi connectivity index (χ0n) is 13.1. The molecule has 0 spiro atoms. The average molecular weight is 398 g/mol. The van der Waals surface area contributed by atoms with Crippen molar-refractivity contribution in [3.8, 4) is 0 Å². The van der Waals surface area contributed by atoms with Gasteiger partial charge in [-0.2, -0.15) is 0 Å². The van der Waals surface area contributed by atoms with E-state index in [9.17, 15) is 18.0 Å². The van der Waals surface area contributed by atoms with Gasteiger partial charge in [0, 0.05) is 13.0 Å². The Morgan fingerprint density at radius 2 is 2.08 bits per heavy atom. The van der Waals surface area contributed by atoms with Crippen molar-refractivity contribution in [2.75, 3.05) is 17.6 Å². The second-order valence-corrected chi connectivity index (χ2v) is 9.30. The fourth-order valence-corrected chi connectivity index (χ4v) is 5.51. The summed E-state index contributed by atoms with van der Waals surface area (Å²) >= 11 is 2.76. The zero-order chi connectivity index (χ0) is 18.0. The first-order valence-corrected chi connectivity index (χ1v) is 10.6. The lowest BCUT2D eigenvalue weighted by atomic mass is 10.2. The third kappa shape index (κ3) is 3.53. The zero-order valence-corrected chi connectivity index (χ0v) is 15.6. The molecule has 3 rings (SSSR count). The Kier molecular flexibility index (Phi) is 5.06. The summed E-state index contributed by atoms with van der Waals surface area (Å²) in [5.74, 6) is -0.193. The highest BCUT2D eigenvalue weighted by atomic mass is 32.2. The number of carbonyl (C=O) groups excluding carboxylic acids is 2. The molecule has 1 N–H and O–H groups in total. The molecule has 1 aromatic carbocycles. The Morgan fingerprint density at radius 1 is 1.32 bits per heavy atom. The molecule has 0 atom stereocenters. The number of hydrogen-bond acceptors (Lipinski definition) is 8. The van der Waals surface area contributed by atoms with E-state index in [0.29, 0.717) is 5.13 Å². The molecule has 2 amide bonds. The maximum Gasteiger partial charge on any atom is 0.269 e. The first kappa shape index (κ1) is 17.8. The van der Waals surface area contributed by atoms with Crippen molar-refractivity contribution in [1.29, 1.82) is 0 Å². The van der Waals surface area contributed by atoms with Gasteiger partial charge >= 0.3 is 0 Å². The van der Waals surface area contributed by atoms with Gasteiger partial charge in [-0.25, -0.2) is 12.7 Å². The molecule has 11 heteroatoms. The number of hydrogen-bond donors (Lipinski definition) is 1. The number of aromatic nitrogens is 2. The van der Waals surface area contributed by atoms with Crippen molar-refractivity contribution in [2.45, 2.75) is 22.6 Å². The number of fused-ring (bicyclic) bond motifs is 1. The molecule has 0 aliphatic carbocycles. The van der Waals surface area contributed by atoms with Gasteiger partial charge in [-0.3, -0.25) is 9.59 Å². The molecule has 25 heavy (non-hydrogen) atoms. The number of benzene rings is 1. The maximum atomic E-state index is 12.4. The van der Waals surface area contributed by atoms with Gasteiger partial charge in [-0.1, -0.05) is 42.2 Å². The van der Waals surface area contributed by atoms with Gasteiger partial charge in [0.1, 0.15) is 4.90 Å². The van der Waals surface area contributed by atoms with E-state index in [-0.39, 0.29) is 23.4 Å². The van der Waals surface area contributed by atoms with E-state index in [1.807, 2.05) is 6.92 Å². The third-order valence-electron chi connectivity index (χ3n) is 3.37. The highest BCUT2D eigenvalue weighted by molar-refractivity contribution is 8.01. The quantitative estimate of drug-likeness (QED) is 0.584. The van der Waals surface area contributed by atoms with Gasteiger partial charge in [0.15, 0.2) is 4.34 Å². The van der Waals surface area contributed by atoms with Crippen molar-refractivity contribution in [1.82, 2.24) is 14.5 Å². The van der Waals surface area contributed by atoms with Crippen LogP contribution in [0.1, 0.15) is 23.7 Å². The standard InChI is InChI=1S/C14H14N4O4S3/c1-2-23-14-17-16-13(24-14)15-11(19)7-8-18-12(20)9-5-3-4-6-10(9)25(18,21)22/h3-6H,2,7-8H2,1H3,(H,15,16,19). The van der Waals surface area contributed by atoms with Gasteiger partial charge < -0.3 is 5.32 Å². The number of anilines is 1. The summed E-state index contributed by atoms with van der Waals surface area (Å²) in [6, 6.07) is 6.01. The van der Waals surface area contributed by atoms with Crippen molar-refractivity contribution in [3.05, 3.63) is 29.8 Å². The predicted octanol–water partition coefficient (Wildman–Crippen LogP) is 1.82. The number of amides is 2. The van der Waals surface area contributed by atoms with Gasteiger partial charge in [-0.15, -0.1) is 10.2 Å². The SMILES string of the molecule is CCSc1nnc(NC(=O)CCN2C(=O)c3ccccc3S2(=O)=O)s1. The van der Waals surface area contributed by atoms with E-state index >= 15 is 0 Å². The second-order valence-electron chi connectivity index (χ2n) is 4.98. The fourth-order valence-electron chi connectivity index (χ4n) is 2.28. The molecule has 132 valence electrons. The van der Waals surface area contributed by atoms with Crippen LogP contribution in [0.15, 0.2) is 33.5 Å². The minimum absolute atomic E-state index is 0.0224. The number of nitrogens with zero attached hydrogens (tertiary/aromatic N) is 3. The van der Waals surface area contributed by atoms with E-state index in [1.165, 1.54) is 35.2 Å². The smallest absolute Gasteiger partial charge is 0.269 e. The number of carbonyl (C=O) groups is 2. The molecule has 0 saturated heterocycles. The monoisotopic (exact) mass is 398 g/mol. The molecule has 2 aromatic rings. The van der Waals surface area contributed by atoms with Crippen LogP contribution in [0.2, 0.25) is 0 Å². The Morgan fingerprint density at radius 3 is 2.80 bits per heavy atom. The second kappa shape index (κ2) is 7.10. The lowest BCUT2D eigenvalue weighted by Crippen LogP contribution is -2.33. The molecule has 0 unspecified atom stereocenters. The summed E-state index contributed by atoms with van der Waals surface area (Å²) in [5.41, 5.74) is 0.133.